The predicted octanol–water partition coefficient (Wildman–Crippen LogP) is 3.55. The largest absolute Gasteiger partial charge is 0.329 e. The van der Waals surface area contributed by atoms with Crippen molar-refractivity contribution in [2.45, 2.75) is 12.8 Å². The summed E-state index contributed by atoms with van der Waals surface area (Å²) in [6.45, 7) is 2.16. The Hall–Kier alpha value is -2.53. The van der Waals surface area contributed by atoms with Crippen LogP contribution in [0.25, 0.3) is 5.69 Å². The molecular weight excluding hydrogens is 296 g/mol. The molecule has 2 aromatic carbocycles. The first kappa shape index (κ1) is 15.4. The molecule has 0 bridgehead atoms. The summed E-state index contributed by atoms with van der Waals surface area (Å²) >= 11 is 0. The summed E-state index contributed by atoms with van der Waals surface area (Å²) in [7, 11) is 0. The number of aryl methyl sites for hydroxylation is 1. The highest BCUT2D eigenvalue weighted by Crippen LogP contribution is 2.27. The van der Waals surface area contributed by atoms with Gasteiger partial charge >= 0.3 is 0 Å². The Morgan fingerprint density at radius 1 is 1.04 bits per heavy atom. The summed E-state index contributed by atoms with van der Waals surface area (Å²) in [6, 6.07) is 15.5. The minimum atomic E-state index is -0.872. The van der Waals surface area contributed by atoms with Crippen molar-refractivity contribution in [2.75, 3.05) is 6.54 Å². The Kier molecular flexibility index (Phi) is 4.21. The fourth-order valence-electron chi connectivity index (χ4n) is 2.70. The van der Waals surface area contributed by atoms with E-state index in [0.717, 1.165) is 23.1 Å². The van der Waals surface area contributed by atoms with Crippen molar-refractivity contribution in [1.29, 1.82) is 0 Å². The molecule has 0 saturated carbocycles. The fourth-order valence-corrected chi connectivity index (χ4v) is 2.70. The zero-order valence-electron chi connectivity index (χ0n) is 12.7. The van der Waals surface area contributed by atoms with Crippen LogP contribution in [-0.2, 0) is 0 Å². The molecule has 1 atom stereocenters. The minimum absolute atomic E-state index is 0.267. The van der Waals surface area contributed by atoms with Gasteiger partial charge in [0, 0.05) is 12.5 Å². The molecule has 0 aliphatic carbocycles. The summed E-state index contributed by atoms with van der Waals surface area (Å²) in [5.74, 6) is -2.01. The van der Waals surface area contributed by atoms with E-state index in [1.54, 1.807) is 10.7 Å². The van der Waals surface area contributed by atoms with Crippen LogP contribution >= 0.6 is 0 Å². The Morgan fingerprint density at radius 2 is 1.78 bits per heavy atom. The molecule has 23 heavy (non-hydrogen) atoms. The maximum absolute atomic E-state index is 13.6. The topological polar surface area (TPSA) is 43.8 Å². The SMILES string of the molecule is Cc1cc(C(CN)c2ccc(F)c(F)c2)n(-c2ccccc2)n1. The number of para-hydroxylation sites is 1. The number of benzene rings is 2. The lowest BCUT2D eigenvalue weighted by molar-refractivity contribution is 0.506. The van der Waals surface area contributed by atoms with Crippen molar-refractivity contribution in [3.8, 4) is 5.69 Å². The molecule has 3 nitrogen and oxygen atoms in total. The number of hydrogen-bond donors (Lipinski definition) is 1. The number of nitrogens with zero attached hydrogens (tertiary/aromatic N) is 2. The maximum atomic E-state index is 13.6. The molecule has 0 amide bonds. The van der Waals surface area contributed by atoms with Gasteiger partial charge in [-0.1, -0.05) is 24.3 Å². The Morgan fingerprint density at radius 3 is 2.43 bits per heavy atom. The van der Waals surface area contributed by atoms with Crippen LogP contribution in [0.2, 0.25) is 0 Å². The number of aromatic nitrogens is 2. The molecule has 5 heteroatoms. The van der Waals surface area contributed by atoms with Crippen molar-refractivity contribution in [2.24, 2.45) is 5.73 Å². The fraction of sp³-hybridized carbons (Fsp3) is 0.167. The molecule has 0 spiro atoms. The van der Waals surface area contributed by atoms with E-state index in [9.17, 15) is 8.78 Å². The second-order valence-electron chi connectivity index (χ2n) is 5.42. The van der Waals surface area contributed by atoms with Gasteiger partial charge in [0.2, 0.25) is 0 Å². The van der Waals surface area contributed by atoms with E-state index in [2.05, 4.69) is 5.10 Å². The molecule has 2 N–H and O–H groups in total. The lowest BCUT2D eigenvalue weighted by Crippen LogP contribution is -2.18. The molecule has 1 aromatic heterocycles. The van der Waals surface area contributed by atoms with Crippen LogP contribution in [0.5, 0.6) is 0 Å². The highest BCUT2D eigenvalue weighted by atomic mass is 19.2. The molecule has 0 fully saturated rings. The van der Waals surface area contributed by atoms with Crippen LogP contribution in [0.15, 0.2) is 54.6 Å². The molecule has 1 unspecified atom stereocenters. The van der Waals surface area contributed by atoms with E-state index in [1.807, 2.05) is 43.3 Å². The summed E-state index contributed by atoms with van der Waals surface area (Å²) in [5.41, 5.74) is 9.14. The lowest BCUT2D eigenvalue weighted by Gasteiger charge is -2.17. The highest BCUT2D eigenvalue weighted by Gasteiger charge is 2.20. The predicted molar refractivity (Wildman–Crippen MR) is 85.6 cm³/mol. The number of rotatable bonds is 4. The van der Waals surface area contributed by atoms with E-state index >= 15 is 0 Å². The third kappa shape index (κ3) is 3.00. The van der Waals surface area contributed by atoms with Crippen LogP contribution < -0.4 is 5.73 Å². The Balaban J connectivity index is 2.10. The van der Waals surface area contributed by atoms with Crippen molar-refractivity contribution >= 4 is 0 Å². The van der Waals surface area contributed by atoms with E-state index in [0.29, 0.717) is 5.56 Å². The standard InChI is InChI=1S/C18H17F2N3/c1-12-9-18(23(22-12)14-5-3-2-4-6-14)15(11-21)13-7-8-16(19)17(20)10-13/h2-10,15H,11,21H2,1H3. The Labute approximate surface area is 133 Å². The normalized spacial score (nSPS) is 12.3. The first-order valence-electron chi connectivity index (χ1n) is 7.37. The van der Waals surface area contributed by atoms with Crippen LogP contribution in [0.1, 0.15) is 22.9 Å². The van der Waals surface area contributed by atoms with E-state index in [-0.39, 0.29) is 12.5 Å². The van der Waals surface area contributed by atoms with Crippen molar-refractivity contribution in [3.05, 3.63) is 83.2 Å². The smallest absolute Gasteiger partial charge is 0.159 e. The second kappa shape index (κ2) is 6.30. The van der Waals surface area contributed by atoms with Crippen molar-refractivity contribution in [3.63, 3.8) is 0 Å². The van der Waals surface area contributed by atoms with Gasteiger partial charge in [0.05, 0.1) is 17.1 Å². The average molecular weight is 313 g/mol. The molecule has 0 radical (unpaired) electrons. The van der Waals surface area contributed by atoms with Crippen LogP contribution in [0, 0.1) is 18.6 Å². The van der Waals surface area contributed by atoms with Crippen molar-refractivity contribution in [1.82, 2.24) is 9.78 Å². The van der Waals surface area contributed by atoms with Crippen LogP contribution in [0.3, 0.4) is 0 Å². The van der Waals surface area contributed by atoms with Crippen molar-refractivity contribution < 1.29 is 8.78 Å². The number of nitrogens with two attached hydrogens (primary N) is 1. The Bertz CT molecular complexity index is 812. The summed E-state index contributed by atoms with van der Waals surface area (Å²) in [6.07, 6.45) is 0. The summed E-state index contributed by atoms with van der Waals surface area (Å²) < 4.78 is 28.6. The average Bonchev–Trinajstić information content (AvgIpc) is 2.94. The summed E-state index contributed by atoms with van der Waals surface area (Å²) in [5, 5.41) is 4.51. The van der Waals surface area contributed by atoms with Crippen LogP contribution in [0.4, 0.5) is 8.78 Å². The molecule has 3 aromatic rings. The number of hydrogen-bond acceptors (Lipinski definition) is 2. The quantitative estimate of drug-likeness (QED) is 0.800. The van der Waals surface area contributed by atoms with E-state index in [1.165, 1.54) is 6.07 Å². The molecule has 1 heterocycles. The highest BCUT2D eigenvalue weighted by molar-refractivity contribution is 5.38. The minimum Gasteiger partial charge on any atom is -0.329 e. The maximum Gasteiger partial charge on any atom is 0.159 e. The zero-order valence-corrected chi connectivity index (χ0v) is 12.7. The molecule has 3 rings (SSSR count). The second-order valence-corrected chi connectivity index (χ2v) is 5.42. The third-order valence-electron chi connectivity index (χ3n) is 3.80. The van der Waals surface area contributed by atoms with Gasteiger partial charge in [-0.3, -0.25) is 0 Å². The molecule has 0 aliphatic rings. The molecular formula is C18H17F2N3. The molecule has 0 aliphatic heterocycles. The van der Waals surface area contributed by atoms with Gasteiger partial charge in [0.15, 0.2) is 11.6 Å². The van der Waals surface area contributed by atoms with Gasteiger partial charge in [0.25, 0.3) is 0 Å². The first-order chi connectivity index (χ1) is 11.1. The van der Waals surface area contributed by atoms with E-state index < -0.39 is 11.6 Å². The monoisotopic (exact) mass is 313 g/mol. The van der Waals surface area contributed by atoms with Crippen LogP contribution in [-0.4, -0.2) is 16.3 Å². The van der Waals surface area contributed by atoms with Gasteiger partial charge in [-0.15, -0.1) is 0 Å². The van der Waals surface area contributed by atoms with Gasteiger partial charge < -0.3 is 5.73 Å². The lowest BCUT2D eigenvalue weighted by atomic mass is 9.95. The van der Waals surface area contributed by atoms with Gasteiger partial charge in [-0.2, -0.15) is 5.10 Å². The van der Waals surface area contributed by atoms with Gasteiger partial charge in [-0.05, 0) is 42.8 Å². The first-order valence-corrected chi connectivity index (χ1v) is 7.37. The van der Waals surface area contributed by atoms with Gasteiger partial charge in [0.1, 0.15) is 0 Å². The summed E-state index contributed by atoms with van der Waals surface area (Å²) in [4.78, 5) is 0. The molecule has 118 valence electrons. The third-order valence-corrected chi connectivity index (χ3v) is 3.80. The van der Waals surface area contributed by atoms with Gasteiger partial charge in [-0.25, -0.2) is 13.5 Å². The van der Waals surface area contributed by atoms with E-state index in [4.69, 9.17) is 5.73 Å². The molecule has 0 saturated heterocycles. The number of halogens is 2. The zero-order chi connectivity index (χ0) is 16.4.